The summed E-state index contributed by atoms with van der Waals surface area (Å²) < 4.78 is 0. The Hall–Kier alpha value is -0.890. The summed E-state index contributed by atoms with van der Waals surface area (Å²) in [7, 11) is 0. The molecule has 2 heteroatoms. The summed E-state index contributed by atoms with van der Waals surface area (Å²) in [6.07, 6.45) is 0. The van der Waals surface area contributed by atoms with Gasteiger partial charge in [0.15, 0.2) is 0 Å². The van der Waals surface area contributed by atoms with Gasteiger partial charge in [0, 0.05) is 5.69 Å². The predicted octanol–water partition coefficient (Wildman–Crippen LogP) is 1.70. The van der Waals surface area contributed by atoms with Gasteiger partial charge in [0.25, 0.3) is 0 Å². The van der Waals surface area contributed by atoms with Crippen LogP contribution in [0.3, 0.4) is 0 Å². The Morgan fingerprint density at radius 3 is 2.73 bits per heavy atom. The van der Waals surface area contributed by atoms with Gasteiger partial charge in [0.1, 0.15) is 0 Å². The largest absolute Gasteiger partial charge is 0.390 e. The molecule has 0 aliphatic rings. The number of aromatic nitrogens is 1. The molecular weight excluding hydrogens is 138 g/mol. The maximum absolute atomic E-state index is 8.78. The lowest BCUT2D eigenvalue weighted by Crippen LogP contribution is -1.96. The summed E-state index contributed by atoms with van der Waals surface area (Å²) in [5, 5.41) is 8.78. The Kier molecular flexibility index (Phi) is 2.60. The van der Waals surface area contributed by atoms with Gasteiger partial charge in [0.05, 0.1) is 12.3 Å². The average molecular weight is 151 g/mol. The van der Waals surface area contributed by atoms with Gasteiger partial charge in [-0.1, -0.05) is 19.9 Å². The van der Waals surface area contributed by atoms with Gasteiger partial charge >= 0.3 is 0 Å². The van der Waals surface area contributed by atoms with Crippen molar-refractivity contribution in [3.8, 4) is 0 Å². The van der Waals surface area contributed by atoms with Crippen molar-refractivity contribution in [3.63, 3.8) is 0 Å². The second kappa shape index (κ2) is 3.49. The maximum atomic E-state index is 8.78. The van der Waals surface area contributed by atoms with Gasteiger partial charge in [-0.3, -0.25) is 4.98 Å². The first-order chi connectivity index (χ1) is 5.24. The maximum Gasteiger partial charge on any atom is 0.0853 e. The molecule has 0 spiro atoms. The fourth-order valence-electron chi connectivity index (χ4n) is 0.908. The minimum atomic E-state index is 0.0283. The van der Waals surface area contributed by atoms with E-state index in [1.807, 2.05) is 18.2 Å². The van der Waals surface area contributed by atoms with E-state index in [0.717, 1.165) is 11.4 Å². The van der Waals surface area contributed by atoms with Crippen LogP contribution in [0.25, 0.3) is 0 Å². The lowest BCUT2D eigenvalue weighted by atomic mass is 10.1. The Morgan fingerprint density at radius 1 is 1.45 bits per heavy atom. The third kappa shape index (κ3) is 2.02. The van der Waals surface area contributed by atoms with Crippen LogP contribution in [0.2, 0.25) is 0 Å². The van der Waals surface area contributed by atoms with E-state index < -0.39 is 0 Å². The van der Waals surface area contributed by atoms with Crippen LogP contribution in [-0.2, 0) is 6.61 Å². The number of hydrogen-bond acceptors (Lipinski definition) is 2. The third-order valence-corrected chi connectivity index (χ3v) is 1.58. The smallest absolute Gasteiger partial charge is 0.0853 e. The van der Waals surface area contributed by atoms with Crippen molar-refractivity contribution in [3.05, 3.63) is 29.6 Å². The van der Waals surface area contributed by atoms with E-state index in [9.17, 15) is 0 Å². The average Bonchev–Trinajstić information content (AvgIpc) is 2.05. The number of pyridine rings is 1. The second-order valence-corrected chi connectivity index (χ2v) is 2.87. The minimum absolute atomic E-state index is 0.0283. The van der Waals surface area contributed by atoms with Gasteiger partial charge in [-0.05, 0) is 18.1 Å². The van der Waals surface area contributed by atoms with Gasteiger partial charge < -0.3 is 5.11 Å². The van der Waals surface area contributed by atoms with E-state index in [4.69, 9.17) is 5.11 Å². The van der Waals surface area contributed by atoms with Crippen LogP contribution in [0.1, 0.15) is 31.2 Å². The van der Waals surface area contributed by atoms with Crippen molar-refractivity contribution in [2.24, 2.45) is 0 Å². The van der Waals surface area contributed by atoms with Crippen molar-refractivity contribution in [2.45, 2.75) is 26.4 Å². The number of rotatable bonds is 2. The molecule has 11 heavy (non-hydrogen) atoms. The Morgan fingerprint density at radius 2 is 2.18 bits per heavy atom. The van der Waals surface area contributed by atoms with Crippen molar-refractivity contribution in [1.29, 1.82) is 0 Å². The Balaban J connectivity index is 2.91. The Labute approximate surface area is 66.9 Å². The summed E-state index contributed by atoms with van der Waals surface area (Å²) in [5.41, 5.74) is 1.78. The first kappa shape index (κ1) is 8.21. The van der Waals surface area contributed by atoms with Crippen LogP contribution in [-0.4, -0.2) is 10.1 Å². The molecule has 1 rings (SSSR count). The monoisotopic (exact) mass is 151 g/mol. The van der Waals surface area contributed by atoms with Gasteiger partial charge in [-0.2, -0.15) is 0 Å². The van der Waals surface area contributed by atoms with Crippen molar-refractivity contribution in [2.75, 3.05) is 0 Å². The fourth-order valence-corrected chi connectivity index (χ4v) is 0.908. The summed E-state index contributed by atoms with van der Waals surface area (Å²) in [5.74, 6) is 0.432. The topological polar surface area (TPSA) is 33.1 Å². The highest BCUT2D eigenvalue weighted by Gasteiger charge is 2.00. The summed E-state index contributed by atoms with van der Waals surface area (Å²) in [6.45, 7) is 4.20. The lowest BCUT2D eigenvalue weighted by Gasteiger charge is -2.04. The zero-order valence-electron chi connectivity index (χ0n) is 6.91. The molecule has 0 aliphatic heterocycles. The van der Waals surface area contributed by atoms with Crippen LogP contribution < -0.4 is 0 Å². The molecule has 0 saturated heterocycles. The molecule has 0 unspecified atom stereocenters. The zero-order valence-corrected chi connectivity index (χ0v) is 6.91. The highest BCUT2D eigenvalue weighted by atomic mass is 16.3. The predicted molar refractivity (Wildman–Crippen MR) is 44.2 cm³/mol. The van der Waals surface area contributed by atoms with Crippen LogP contribution in [0.15, 0.2) is 18.2 Å². The van der Waals surface area contributed by atoms with Crippen molar-refractivity contribution in [1.82, 2.24) is 4.98 Å². The van der Waals surface area contributed by atoms with Crippen molar-refractivity contribution < 1.29 is 5.11 Å². The molecule has 0 bridgehead atoms. The van der Waals surface area contributed by atoms with E-state index in [1.165, 1.54) is 0 Å². The fraction of sp³-hybridized carbons (Fsp3) is 0.444. The van der Waals surface area contributed by atoms with Crippen molar-refractivity contribution >= 4 is 0 Å². The van der Waals surface area contributed by atoms with E-state index >= 15 is 0 Å². The molecule has 0 aromatic carbocycles. The highest BCUT2D eigenvalue weighted by Crippen LogP contribution is 2.10. The molecule has 1 N–H and O–H groups in total. The molecule has 2 nitrogen and oxygen atoms in total. The molecule has 0 amide bonds. The number of hydrogen-bond donors (Lipinski definition) is 1. The highest BCUT2D eigenvalue weighted by molar-refractivity contribution is 5.13. The zero-order chi connectivity index (χ0) is 8.27. The van der Waals surface area contributed by atoms with E-state index in [0.29, 0.717) is 5.92 Å². The van der Waals surface area contributed by atoms with Gasteiger partial charge in [0.2, 0.25) is 0 Å². The molecule has 1 heterocycles. The standard InChI is InChI=1S/C9H13NO/c1-7(2)9-5-3-4-8(6-11)10-9/h3-5,7,11H,6H2,1-2H3. The molecule has 1 aromatic heterocycles. The second-order valence-electron chi connectivity index (χ2n) is 2.87. The number of nitrogens with zero attached hydrogens (tertiary/aromatic N) is 1. The van der Waals surface area contributed by atoms with Gasteiger partial charge in [-0.15, -0.1) is 0 Å². The molecule has 0 aliphatic carbocycles. The number of aliphatic hydroxyl groups is 1. The molecular formula is C9H13NO. The van der Waals surface area contributed by atoms with Crippen LogP contribution in [0.5, 0.6) is 0 Å². The molecule has 60 valence electrons. The third-order valence-electron chi connectivity index (χ3n) is 1.58. The van der Waals surface area contributed by atoms with Crippen LogP contribution in [0.4, 0.5) is 0 Å². The Bertz CT molecular complexity index is 233. The van der Waals surface area contributed by atoms with E-state index in [1.54, 1.807) is 0 Å². The minimum Gasteiger partial charge on any atom is -0.390 e. The van der Waals surface area contributed by atoms with E-state index in [-0.39, 0.29) is 6.61 Å². The molecule has 1 aromatic rings. The normalized spacial score (nSPS) is 10.5. The van der Waals surface area contributed by atoms with Crippen LogP contribution >= 0.6 is 0 Å². The van der Waals surface area contributed by atoms with E-state index in [2.05, 4.69) is 18.8 Å². The molecule has 0 fully saturated rings. The quantitative estimate of drug-likeness (QED) is 0.697. The molecule has 0 saturated carbocycles. The first-order valence-corrected chi connectivity index (χ1v) is 3.80. The SMILES string of the molecule is CC(C)c1cccc(CO)n1. The van der Waals surface area contributed by atoms with Gasteiger partial charge in [-0.25, -0.2) is 0 Å². The lowest BCUT2D eigenvalue weighted by molar-refractivity contribution is 0.276. The van der Waals surface area contributed by atoms with Crippen LogP contribution in [0, 0.1) is 0 Å². The summed E-state index contributed by atoms with van der Waals surface area (Å²) >= 11 is 0. The first-order valence-electron chi connectivity index (χ1n) is 3.80. The molecule has 0 radical (unpaired) electrons. The molecule has 0 atom stereocenters. The summed E-state index contributed by atoms with van der Waals surface area (Å²) in [4.78, 5) is 4.24. The summed E-state index contributed by atoms with van der Waals surface area (Å²) in [6, 6.07) is 5.73. The number of aliphatic hydroxyl groups excluding tert-OH is 1.